The second-order valence-electron chi connectivity index (χ2n) is 12.5. The monoisotopic (exact) mass is 710 g/mol. The summed E-state index contributed by atoms with van der Waals surface area (Å²) in [6.07, 6.45) is 7.96. The highest BCUT2D eigenvalue weighted by Gasteiger charge is 2.17. The minimum Gasteiger partial charge on any atom is -0.493 e. The molecular weight excluding hydrogens is 668 g/mol. The molecule has 0 atom stereocenters. The Morgan fingerprint density at radius 1 is 0.922 bits per heavy atom. The number of likely N-dealkylation sites (tertiary alicyclic amines) is 1. The van der Waals surface area contributed by atoms with Crippen molar-refractivity contribution >= 4 is 23.3 Å². The van der Waals surface area contributed by atoms with Gasteiger partial charge in [0, 0.05) is 36.1 Å². The second kappa shape index (κ2) is 18.3. The number of nitriles is 1. The smallest absolute Gasteiger partial charge is 0.352 e. The molecule has 11 heteroatoms. The van der Waals surface area contributed by atoms with Gasteiger partial charge in [-0.25, -0.2) is 4.79 Å². The van der Waals surface area contributed by atoms with Crippen molar-refractivity contribution in [3.05, 3.63) is 105 Å². The van der Waals surface area contributed by atoms with Gasteiger partial charge in [-0.3, -0.25) is 9.98 Å². The van der Waals surface area contributed by atoms with Gasteiger partial charge in [-0.05, 0) is 92.2 Å². The first-order valence-electron chi connectivity index (χ1n) is 17.1. The van der Waals surface area contributed by atoms with Gasteiger partial charge in [0.05, 0.1) is 30.3 Å². The molecule has 51 heavy (non-hydrogen) atoms. The van der Waals surface area contributed by atoms with E-state index in [-0.39, 0.29) is 30.5 Å². The molecule has 0 saturated carbocycles. The molecule has 0 bridgehead atoms. The molecule has 3 aromatic carbocycles. The van der Waals surface area contributed by atoms with Crippen molar-refractivity contribution in [3.63, 3.8) is 0 Å². The fourth-order valence-electron chi connectivity index (χ4n) is 6.10. The van der Waals surface area contributed by atoms with E-state index in [1.807, 2.05) is 24.3 Å². The lowest BCUT2D eigenvalue weighted by Crippen LogP contribution is -2.31. The van der Waals surface area contributed by atoms with Crippen LogP contribution in [0.25, 0.3) is 11.1 Å². The van der Waals surface area contributed by atoms with Crippen molar-refractivity contribution in [2.24, 2.45) is 4.99 Å². The lowest BCUT2D eigenvalue weighted by Gasteiger charge is -2.26. The second-order valence-corrected chi connectivity index (χ2v) is 12.9. The summed E-state index contributed by atoms with van der Waals surface area (Å²) < 4.78 is 18.6. The number of ether oxygens (including phenoxy) is 3. The number of halogens is 1. The van der Waals surface area contributed by atoms with Gasteiger partial charge in [0.2, 0.25) is 0 Å². The fourth-order valence-corrected chi connectivity index (χ4v) is 6.34. The van der Waals surface area contributed by atoms with Crippen molar-refractivity contribution in [1.82, 2.24) is 9.88 Å². The number of carboxylic acids is 1. The van der Waals surface area contributed by atoms with E-state index < -0.39 is 12.6 Å². The number of hydrogen-bond acceptors (Lipinski definition) is 9. The first-order valence-corrected chi connectivity index (χ1v) is 17.5. The van der Waals surface area contributed by atoms with Gasteiger partial charge in [0.15, 0.2) is 0 Å². The zero-order chi connectivity index (χ0) is 36.2. The summed E-state index contributed by atoms with van der Waals surface area (Å²) in [4.78, 5) is 22.1. The normalized spacial score (nSPS) is 13.4. The molecule has 0 radical (unpaired) electrons. The van der Waals surface area contributed by atoms with Crippen LogP contribution in [0.15, 0.2) is 72.0 Å². The number of pyridine rings is 1. The van der Waals surface area contributed by atoms with Gasteiger partial charge in [-0.15, -0.1) is 0 Å². The molecule has 0 amide bonds. The molecule has 1 aliphatic heterocycles. The molecule has 0 spiro atoms. The van der Waals surface area contributed by atoms with Gasteiger partial charge in [-0.2, -0.15) is 5.26 Å². The number of aromatic nitrogens is 1. The minimum absolute atomic E-state index is 0.0772. The summed E-state index contributed by atoms with van der Waals surface area (Å²) >= 11 is 6.68. The SMILES string of the molecule is Cc1c(COc2cc(OCc3cncc(C#N)c3)c(CN=C(CO)C(=O)O)cc2Cl)cccc1-c1cccc(OCCCN2CCCCC2)c1C. The Hall–Kier alpha value is -4.95. The standard InChI is InChI=1S/C40H43ClN4O6/c1-27-31(9-6-10-33(27)34-11-7-12-37(28(34)2)49-16-8-15-45-13-4-3-5-14-45)26-51-39-19-38(50-25-30-17-29(20-42)21-43-22-30)32(18-35(39)41)23-44-36(24-46)40(47)48/h6-7,9-12,17-19,21-22,46H,3-5,8,13-16,23-26H2,1-2H3,(H,47,48). The number of piperidine rings is 1. The minimum atomic E-state index is -1.32. The Morgan fingerprint density at radius 2 is 1.67 bits per heavy atom. The van der Waals surface area contributed by atoms with Crippen LogP contribution in [0.4, 0.5) is 0 Å². The average Bonchev–Trinajstić information content (AvgIpc) is 3.14. The van der Waals surface area contributed by atoms with E-state index in [0.29, 0.717) is 34.8 Å². The zero-order valence-electron chi connectivity index (χ0n) is 29.0. The summed E-state index contributed by atoms with van der Waals surface area (Å²) in [7, 11) is 0. The number of aliphatic hydroxyl groups excluding tert-OH is 1. The molecule has 1 fully saturated rings. The van der Waals surface area contributed by atoms with Crippen LogP contribution in [0.1, 0.15) is 59.1 Å². The van der Waals surface area contributed by atoms with Crippen LogP contribution in [-0.2, 0) is 24.6 Å². The van der Waals surface area contributed by atoms with Gasteiger partial charge in [0.25, 0.3) is 0 Å². The van der Waals surface area contributed by atoms with Gasteiger partial charge in [0.1, 0.15) is 42.2 Å². The van der Waals surface area contributed by atoms with Crippen molar-refractivity contribution in [2.75, 3.05) is 32.8 Å². The van der Waals surface area contributed by atoms with Crippen LogP contribution in [0.5, 0.6) is 17.2 Å². The maximum Gasteiger partial charge on any atom is 0.352 e. The number of rotatable bonds is 16. The summed E-state index contributed by atoms with van der Waals surface area (Å²) in [5, 5.41) is 28.3. The van der Waals surface area contributed by atoms with Crippen LogP contribution in [-0.4, -0.2) is 64.6 Å². The molecule has 0 aliphatic carbocycles. The number of aliphatic hydroxyl groups is 1. The van der Waals surface area contributed by atoms with Crippen LogP contribution in [0.3, 0.4) is 0 Å². The first kappa shape index (κ1) is 37.3. The van der Waals surface area contributed by atoms with Crippen LogP contribution >= 0.6 is 11.6 Å². The van der Waals surface area contributed by atoms with Crippen molar-refractivity contribution < 1.29 is 29.2 Å². The Balaban J connectivity index is 1.32. The highest BCUT2D eigenvalue weighted by Crippen LogP contribution is 2.36. The van der Waals surface area contributed by atoms with E-state index in [1.54, 1.807) is 24.4 Å². The molecule has 1 aliphatic rings. The van der Waals surface area contributed by atoms with E-state index in [2.05, 4.69) is 46.9 Å². The van der Waals surface area contributed by atoms with E-state index >= 15 is 0 Å². The highest BCUT2D eigenvalue weighted by molar-refractivity contribution is 6.36. The Labute approximate surface area is 303 Å². The van der Waals surface area contributed by atoms with E-state index in [0.717, 1.165) is 46.5 Å². The molecule has 1 aromatic heterocycles. The molecule has 5 rings (SSSR count). The number of aliphatic imine (C=N–C) groups is 1. The third-order valence-electron chi connectivity index (χ3n) is 9.00. The predicted octanol–water partition coefficient (Wildman–Crippen LogP) is 7.32. The number of nitrogens with zero attached hydrogens (tertiary/aromatic N) is 4. The van der Waals surface area contributed by atoms with Crippen LogP contribution in [0.2, 0.25) is 5.02 Å². The van der Waals surface area contributed by atoms with E-state index in [9.17, 15) is 20.3 Å². The maximum atomic E-state index is 11.4. The molecule has 2 heterocycles. The van der Waals surface area contributed by atoms with E-state index in [4.69, 9.17) is 25.8 Å². The summed E-state index contributed by atoms with van der Waals surface area (Å²) in [5.41, 5.74) is 6.47. The lowest BCUT2D eigenvalue weighted by atomic mass is 9.93. The van der Waals surface area contributed by atoms with Crippen molar-refractivity contribution in [2.45, 2.75) is 59.3 Å². The van der Waals surface area contributed by atoms with Gasteiger partial charge < -0.3 is 29.3 Å². The van der Waals surface area contributed by atoms with E-state index in [1.165, 1.54) is 38.5 Å². The number of hydrogen-bond donors (Lipinski definition) is 2. The molecular formula is C40H43ClN4O6. The molecule has 1 saturated heterocycles. The quantitative estimate of drug-likeness (QED) is 0.0905. The Kier molecular flexibility index (Phi) is 13.4. The van der Waals surface area contributed by atoms with Gasteiger partial charge >= 0.3 is 5.97 Å². The largest absolute Gasteiger partial charge is 0.493 e. The molecule has 4 aromatic rings. The van der Waals surface area contributed by atoms with Crippen molar-refractivity contribution in [3.8, 4) is 34.4 Å². The lowest BCUT2D eigenvalue weighted by molar-refractivity contribution is -0.129. The van der Waals surface area contributed by atoms with Crippen molar-refractivity contribution in [1.29, 1.82) is 5.26 Å². The number of carbonyl (C=O) groups is 1. The Bertz CT molecular complexity index is 1900. The number of benzene rings is 3. The van der Waals surface area contributed by atoms with Gasteiger partial charge in [-0.1, -0.05) is 48.4 Å². The third kappa shape index (κ3) is 10.1. The first-order chi connectivity index (χ1) is 24.8. The average molecular weight is 711 g/mol. The fraction of sp³-hybridized carbons (Fsp3) is 0.350. The number of aliphatic carboxylic acids is 1. The van der Waals surface area contributed by atoms with Crippen LogP contribution < -0.4 is 14.2 Å². The predicted molar refractivity (Wildman–Crippen MR) is 197 cm³/mol. The maximum absolute atomic E-state index is 11.4. The highest BCUT2D eigenvalue weighted by atomic mass is 35.5. The molecule has 2 N–H and O–H groups in total. The molecule has 0 unspecified atom stereocenters. The summed E-state index contributed by atoms with van der Waals surface area (Å²) in [6.45, 7) is 7.77. The molecule has 266 valence electrons. The summed E-state index contributed by atoms with van der Waals surface area (Å²) in [5.74, 6) is 0.295. The Morgan fingerprint density at radius 3 is 2.41 bits per heavy atom. The van der Waals surface area contributed by atoms with Crippen LogP contribution in [0, 0.1) is 25.2 Å². The molecule has 10 nitrogen and oxygen atoms in total. The number of carboxylic acid groups (broad SMARTS) is 1. The zero-order valence-corrected chi connectivity index (χ0v) is 29.8. The summed E-state index contributed by atoms with van der Waals surface area (Å²) in [6, 6.07) is 19.3. The third-order valence-corrected chi connectivity index (χ3v) is 9.29. The topological polar surface area (TPSA) is 138 Å².